The molecular formula is C20H24FN3O3. The standard InChI is InChI=1S/C20H24FN3O3/c1-13-5-3-8-16(11-13)26-14(2)18(25)24-10-9-20(21,12-24)19-22-17(23-27-19)15-6-4-7-15/h3,5,8,11,14-15H,4,6-7,9-10,12H2,1-2H3. The minimum atomic E-state index is -1.78. The van der Waals surface area contributed by atoms with Crippen LogP contribution in [0.2, 0.25) is 0 Å². The summed E-state index contributed by atoms with van der Waals surface area (Å²) in [5.74, 6) is 1.26. The minimum Gasteiger partial charge on any atom is -0.481 e. The first-order valence-electron chi connectivity index (χ1n) is 9.50. The zero-order chi connectivity index (χ0) is 19.0. The van der Waals surface area contributed by atoms with Crippen molar-refractivity contribution in [1.29, 1.82) is 0 Å². The molecule has 27 heavy (non-hydrogen) atoms. The summed E-state index contributed by atoms with van der Waals surface area (Å²) in [5, 5.41) is 3.94. The van der Waals surface area contributed by atoms with Crippen LogP contribution in [0, 0.1) is 6.92 Å². The largest absolute Gasteiger partial charge is 0.481 e. The lowest BCUT2D eigenvalue weighted by molar-refractivity contribution is -0.137. The van der Waals surface area contributed by atoms with Gasteiger partial charge in [-0.25, -0.2) is 4.39 Å². The first-order valence-corrected chi connectivity index (χ1v) is 9.50. The van der Waals surface area contributed by atoms with Gasteiger partial charge in [-0.15, -0.1) is 0 Å². The molecule has 1 aliphatic heterocycles. The number of aromatic nitrogens is 2. The molecule has 1 amide bonds. The lowest BCUT2D eigenvalue weighted by Crippen LogP contribution is -2.40. The second kappa shape index (κ2) is 6.94. The van der Waals surface area contributed by atoms with Crippen LogP contribution in [0.5, 0.6) is 5.75 Å². The molecule has 7 heteroatoms. The number of amides is 1. The summed E-state index contributed by atoms with van der Waals surface area (Å²) in [6, 6.07) is 7.51. The monoisotopic (exact) mass is 373 g/mol. The minimum absolute atomic E-state index is 0.00745. The van der Waals surface area contributed by atoms with E-state index in [1.807, 2.05) is 25.1 Å². The maximum absolute atomic E-state index is 15.4. The van der Waals surface area contributed by atoms with Crippen molar-refractivity contribution < 1.29 is 18.4 Å². The number of carbonyl (C=O) groups excluding carboxylic acids is 1. The van der Waals surface area contributed by atoms with Gasteiger partial charge in [0.05, 0.1) is 6.54 Å². The molecule has 2 aliphatic rings. The number of carbonyl (C=O) groups is 1. The molecule has 2 atom stereocenters. The molecule has 1 saturated heterocycles. The van der Waals surface area contributed by atoms with Crippen LogP contribution in [0.3, 0.4) is 0 Å². The van der Waals surface area contributed by atoms with Gasteiger partial charge in [-0.2, -0.15) is 4.98 Å². The summed E-state index contributed by atoms with van der Waals surface area (Å²) >= 11 is 0. The van der Waals surface area contributed by atoms with E-state index in [1.54, 1.807) is 13.0 Å². The molecule has 0 N–H and O–H groups in total. The molecule has 1 aromatic heterocycles. The number of nitrogens with zero attached hydrogens (tertiary/aromatic N) is 3. The van der Waals surface area contributed by atoms with Crippen LogP contribution in [0.1, 0.15) is 55.8 Å². The summed E-state index contributed by atoms with van der Waals surface area (Å²) < 4.78 is 26.3. The lowest BCUT2D eigenvalue weighted by Gasteiger charge is -2.22. The van der Waals surface area contributed by atoms with Gasteiger partial charge in [0.25, 0.3) is 11.8 Å². The Morgan fingerprint density at radius 1 is 1.44 bits per heavy atom. The molecule has 2 fully saturated rings. The fraction of sp³-hybridized carbons (Fsp3) is 0.550. The van der Waals surface area contributed by atoms with Crippen LogP contribution in [-0.4, -0.2) is 40.1 Å². The predicted molar refractivity (Wildman–Crippen MR) is 96.1 cm³/mol. The number of hydrogen-bond donors (Lipinski definition) is 0. The molecule has 1 aromatic carbocycles. The normalized spacial score (nSPS) is 23.9. The Morgan fingerprint density at radius 3 is 2.96 bits per heavy atom. The summed E-state index contributed by atoms with van der Waals surface area (Å²) in [4.78, 5) is 18.5. The second-order valence-electron chi connectivity index (χ2n) is 7.64. The summed E-state index contributed by atoms with van der Waals surface area (Å²) in [5.41, 5.74) is -0.733. The number of likely N-dealkylation sites (tertiary alicyclic amines) is 1. The van der Waals surface area contributed by atoms with E-state index in [-0.39, 0.29) is 30.7 Å². The van der Waals surface area contributed by atoms with E-state index in [1.165, 1.54) is 4.90 Å². The van der Waals surface area contributed by atoms with E-state index in [0.29, 0.717) is 18.1 Å². The van der Waals surface area contributed by atoms with Gasteiger partial charge in [0.1, 0.15) is 5.75 Å². The Hall–Kier alpha value is -2.44. The van der Waals surface area contributed by atoms with Gasteiger partial charge in [-0.05, 0) is 44.4 Å². The van der Waals surface area contributed by atoms with Gasteiger partial charge in [-0.3, -0.25) is 4.79 Å². The van der Waals surface area contributed by atoms with E-state index in [9.17, 15) is 4.79 Å². The SMILES string of the molecule is Cc1cccc(OC(C)C(=O)N2CCC(F)(c3nc(C4CCC4)no3)C2)c1. The predicted octanol–water partition coefficient (Wildman–Crippen LogP) is 3.51. The van der Waals surface area contributed by atoms with Crippen molar-refractivity contribution in [3.8, 4) is 5.75 Å². The molecule has 1 saturated carbocycles. The van der Waals surface area contributed by atoms with E-state index < -0.39 is 11.8 Å². The van der Waals surface area contributed by atoms with E-state index in [2.05, 4.69) is 10.1 Å². The number of aryl methyl sites for hydroxylation is 1. The molecule has 2 aromatic rings. The number of alkyl halides is 1. The van der Waals surface area contributed by atoms with Crippen molar-refractivity contribution in [2.75, 3.05) is 13.1 Å². The lowest BCUT2D eigenvalue weighted by atomic mass is 9.85. The molecule has 6 nitrogen and oxygen atoms in total. The Labute approximate surface area is 157 Å². The van der Waals surface area contributed by atoms with Gasteiger partial charge in [0, 0.05) is 18.9 Å². The third-order valence-electron chi connectivity index (χ3n) is 5.48. The van der Waals surface area contributed by atoms with Crippen LogP contribution in [0.15, 0.2) is 28.8 Å². The smallest absolute Gasteiger partial charge is 0.266 e. The maximum Gasteiger partial charge on any atom is 0.266 e. The van der Waals surface area contributed by atoms with Gasteiger partial charge >= 0.3 is 0 Å². The molecular weight excluding hydrogens is 349 g/mol. The molecule has 4 rings (SSSR count). The summed E-state index contributed by atoms with van der Waals surface area (Å²) in [6.45, 7) is 3.86. The fourth-order valence-electron chi connectivity index (χ4n) is 3.58. The molecule has 0 spiro atoms. The second-order valence-corrected chi connectivity index (χ2v) is 7.64. The van der Waals surface area contributed by atoms with E-state index in [0.717, 1.165) is 24.8 Å². The molecule has 144 valence electrons. The van der Waals surface area contributed by atoms with Gasteiger partial charge in [-0.1, -0.05) is 23.7 Å². The fourth-order valence-corrected chi connectivity index (χ4v) is 3.58. The molecule has 2 heterocycles. The zero-order valence-corrected chi connectivity index (χ0v) is 15.7. The first kappa shape index (κ1) is 17.9. The van der Waals surface area contributed by atoms with Crippen molar-refractivity contribution in [3.05, 3.63) is 41.5 Å². The van der Waals surface area contributed by atoms with Crippen molar-refractivity contribution >= 4 is 5.91 Å². The van der Waals surface area contributed by atoms with Crippen molar-refractivity contribution in [2.45, 2.75) is 57.2 Å². The zero-order valence-electron chi connectivity index (χ0n) is 15.7. The van der Waals surface area contributed by atoms with Crippen LogP contribution in [-0.2, 0) is 10.5 Å². The Balaban J connectivity index is 1.40. The summed E-state index contributed by atoms with van der Waals surface area (Å²) in [7, 11) is 0. The Kier molecular flexibility index (Phi) is 4.61. The molecule has 0 bridgehead atoms. The van der Waals surface area contributed by atoms with E-state index >= 15 is 4.39 Å². The van der Waals surface area contributed by atoms with Crippen molar-refractivity contribution in [2.24, 2.45) is 0 Å². The molecule has 1 aliphatic carbocycles. The number of ether oxygens (including phenoxy) is 1. The average molecular weight is 373 g/mol. The average Bonchev–Trinajstić information content (AvgIpc) is 3.21. The number of benzene rings is 1. The highest BCUT2D eigenvalue weighted by Gasteiger charge is 2.47. The molecule has 2 unspecified atom stereocenters. The van der Waals surface area contributed by atoms with E-state index in [4.69, 9.17) is 9.26 Å². The maximum atomic E-state index is 15.4. The quantitative estimate of drug-likeness (QED) is 0.802. The number of halogens is 1. The highest BCUT2D eigenvalue weighted by molar-refractivity contribution is 5.81. The highest BCUT2D eigenvalue weighted by atomic mass is 19.1. The van der Waals surface area contributed by atoms with Gasteiger partial charge in [0.2, 0.25) is 5.67 Å². The van der Waals surface area contributed by atoms with Crippen molar-refractivity contribution in [3.63, 3.8) is 0 Å². The van der Waals surface area contributed by atoms with Crippen LogP contribution >= 0.6 is 0 Å². The van der Waals surface area contributed by atoms with Gasteiger partial charge < -0.3 is 14.2 Å². The number of rotatable bonds is 5. The molecule has 0 radical (unpaired) electrons. The first-order chi connectivity index (χ1) is 12.9. The summed E-state index contributed by atoms with van der Waals surface area (Å²) in [6.07, 6.45) is 2.66. The van der Waals surface area contributed by atoms with Gasteiger partial charge in [0.15, 0.2) is 11.9 Å². The highest BCUT2D eigenvalue weighted by Crippen LogP contribution is 2.39. The van der Waals surface area contributed by atoms with Crippen LogP contribution in [0.4, 0.5) is 4.39 Å². The van der Waals surface area contributed by atoms with Crippen LogP contribution in [0.25, 0.3) is 0 Å². The topological polar surface area (TPSA) is 68.5 Å². The number of hydrogen-bond acceptors (Lipinski definition) is 5. The van der Waals surface area contributed by atoms with Crippen LogP contribution < -0.4 is 4.74 Å². The Morgan fingerprint density at radius 2 is 2.26 bits per heavy atom. The third-order valence-corrected chi connectivity index (χ3v) is 5.48. The van der Waals surface area contributed by atoms with Crippen molar-refractivity contribution in [1.82, 2.24) is 15.0 Å². The Bertz CT molecular complexity index is 835. The third kappa shape index (κ3) is 3.55.